The normalized spacial score (nSPS) is 19.3. The van der Waals surface area contributed by atoms with E-state index in [1.54, 1.807) is 13.0 Å². The lowest BCUT2D eigenvalue weighted by Gasteiger charge is -2.24. The highest BCUT2D eigenvalue weighted by Crippen LogP contribution is 2.29. The van der Waals surface area contributed by atoms with Gasteiger partial charge >= 0.3 is 0 Å². The van der Waals surface area contributed by atoms with Crippen LogP contribution in [0.2, 0.25) is 5.02 Å². The van der Waals surface area contributed by atoms with Gasteiger partial charge in [0, 0.05) is 30.4 Å². The minimum absolute atomic E-state index is 0.0310. The van der Waals surface area contributed by atoms with Crippen LogP contribution in [0.5, 0.6) is 0 Å². The molecular formula is C14H21ClN2O3S. The van der Waals surface area contributed by atoms with Crippen LogP contribution in [0.3, 0.4) is 0 Å². The monoisotopic (exact) mass is 332 g/mol. The largest absolute Gasteiger partial charge is 0.398 e. The number of halogens is 1. The maximum atomic E-state index is 12.8. The van der Waals surface area contributed by atoms with Gasteiger partial charge in [0.1, 0.15) is 0 Å². The van der Waals surface area contributed by atoms with E-state index < -0.39 is 10.0 Å². The fourth-order valence-electron chi connectivity index (χ4n) is 2.49. The summed E-state index contributed by atoms with van der Waals surface area (Å²) >= 11 is 5.96. The van der Waals surface area contributed by atoms with E-state index in [9.17, 15) is 8.42 Å². The number of nitrogens with zero attached hydrogens (tertiary/aromatic N) is 1. The molecule has 118 valence electrons. The van der Waals surface area contributed by atoms with Gasteiger partial charge in [-0.1, -0.05) is 18.5 Å². The molecule has 0 aliphatic carbocycles. The predicted octanol–water partition coefficient (Wildman–Crippen LogP) is 2.42. The minimum Gasteiger partial charge on any atom is -0.398 e. The molecule has 1 aromatic rings. The lowest BCUT2D eigenvalue weighted by molar-refractivity contribution is 0.0946. The summed E-state index contributed by atoms with van der Waals surface area (Å²) in [6.45, 7) is 4.96. The van der Waals surface area contributed by atoms with Gasteiger partial charge in [-0.3, -0.25) is 0 Å². The summed E-state index contributed by atoms with van der Waals surface area (Å²) in [6, 6.07) is 3.02. The summed E-state index contributed by atoms with van der Waals surface area (Å²) < 4.78 is 32.6. The van der Waals surface area contributed by atoms with E-state index in [0.29, 0.717) is 36.0 Å². The fraction of sp³-hybridized carbons (Fsp3) is 0.571. The zero-order valence-electron chi connectivity index (χ0n) is 12.3. The van der Waals surface area contributed by atoms with Crippen LogP contribution in [-0.2, 0) is 14.8 Å². The Balaban J connectivity index is 2.34. The summed E-state index contributed by atoms with van der Waals surface area (Å²) in [6.07, 6.45) is 1.84. The molecule has 1 fully saturated rings. The Labute approximate surface area is 131 Å². The van der Waals surface area contributed by atoms with Gasteiger partial charge in [0.15, 0.2) is 0 Å². The zero-order chi connectivity index (χ0) is 15.6. The van der Waals surface area contributed by atoms with Crippen molar-refractivity contribution in [1.82, 2.24) is 4.31 Å². The van der Waals surface area contributed by atoms with E-state index in [4.69, 9.17) is 22.1 Å². The van der Waals surface area contributed by atoms with E-state index >= 15 is 0 Å². The van der Waals surface area contributed by atoms with Gasteiger partial charge in [0.05, 0.1) is 11.0 Å². The molecule has 0 bridgehead atoms. The van der Waals surface area contributed by atoms with Crippen LogP contribution in [0.4, 0.5) is 5.69 Å². The van der Waals surface area contributed by atoms with Crippen molar-refractivity contribution in [3.05, 3.63) is 22.7 Å². The molecule has 1 saturated heterocycles. The molecular weight excluding hydrogens is 312 g/mol. The molecule has 1 aliphatic heterocycles. The average Bonchev–Trinajstić information content (AvgIpc) is 2.92. The minimum atomic E-state index is -3.63. The van der Waals surface area contributed by atoms with Crippen molar-refractivity contribution in [2.24, 2.45) is 0 Å². The van der Waals surface area contributed by atoms with E-state index in [2.05, 4.69) is 0 Å². The van der Waals surface area contributed by atoms with Gasteiger partial charge in [-0.2, -0.15) is 4.31 Å². The number of nitrogens with two attached hydrogens (primary N) is 1. The summed E-state index contributed by atoms with van der Waals surface area (Å²) in [5.41, 5.74) is 6.75. The van der Waals surface area contributed by atoms with Crippen molar-refractivity contribution < 1.29 is 13.2 Å². The van der Waals surface area contributed by atoms with Crippen LogP contribution >= 0.6 is 11.6 Å². The second-order valence-corrected chi connectivity index (χ2v) is 7.55. The number of nitrogen functional groups attached to an aromatic ring is 1. The SMILES string of the molecule is CCN(CC1CCCO1)S(=O)(=O)c1cc(Cl)cc(N)c1C. The summed E-state index contributed by atoms with van der Waals surface area (Å²) in [5, 5.41) is 0.324. The first-order chi connectivity index (χ1) is 9.86. The van der Waals surface area contributed by atoms with Crippen molar-refractivity contribution >= 4 is 27.3 Å². The van der Waals surface area contributed by atoms with Gasteiger partial charge in [-0.15, -0.1) is 0 Å². The van der Waals surface area contributed by atoms with Crippen LogP contribution < -0.4 is 5.73 Å². The molecule has 0 saturated carbocycles. The molecule has 0 aromatic heterocycles. The zero-order valence-corrected chi connectivity index (χ0v) is 13.9. The van der Waals surface area contributed by atoms with Gasteiger partial charge in [-0.25, -0.2) is 8.42 Å². The van der Waals surface area contributed by atoms with Gasteiger partial charge in [0.25, 0.3) is 0 Å². The second kappa shape index (κ2) is 6.52. The molecule has 0 amide bonds. The van der Waals surface area contributed by atoms with Crippen LogP contribution in [0.15, 0.2) is 17.0 Å². The van der Waals surface area contributed by atoms with Gasteiger partial charge in [-0.05, 0) is 37.5 Å². The number of hydrogen-bond acceptors (Lipinski definition) is 4. The van der Waals surface area contributed by atoms with E-state index in [1.165, 1.54) is 10.4 Å². The van der Waals surface area contributed by atoms with Crippen LogP contribution in [0, 0.1) is 6.92 Å². The van der Waals surface area contributed by atoms with Crippen LogP contribution in [-0.4, -0.2) is 38.5 Å². The first-order valence-corrected chi connectivity index (χ1v) is 8.85. The van der Waals surface area contributed by atoms with Crippen molar-refractivity contribution in [2.75, 3.05) is 25.4 Å². The standard InChI is InChI=1S/C14H21ClN2O3S/c1-3-17(9-12-5-4-6-20-12)21(18,19)14-8-11(15)7-13(16)10(14)2/h7-8,12H,3-6,9,16H2,1-2H3. The Kier molecular flexibility index (Phi) is 5.14. The highest BCUT2D eigenvalue weighted by atomic mass is 35.5. The Bertz CT molecular complexity index is 613. The maximum absolute atomic E-state index is 12.8. The lowest BCUT2D eigenvalue weighted by Crippen LogP contribution is -2.37. The third-order valence-corrected chi connectivity index (χ3v) is 6.05. The molecule has 2 rings (SSSR count). The van der Waals surface area contributed by atoms with Crippen molar-refractivity contribution in [2.45, 2.75) is 37.7 Å². The molecule has 5 nitrogen and oxygen atoms in total. The molecule has 7 heteroatoms. The summed E-state index contributed by atoms with van der Waals surface area (Å²) in [7, 11) is -3.63. The van der Waals surface area contributed by atoms with E-state index in [-0.39, 0.29) is 11.0 Å². The highest BCUT2D eigenvalue weighted by Gasteiger charge is 2.29. The van der Waals surface area contributed by atoms with Crippen LogP contribution in [0.25, 0.3) is 0 Å². The number of rotatable bonds is 5. The molecule has 2 N–H and O–H groups in total. The maximum Gasteiger partial charge on any atom is 0.243 e. The Morgan fingerprint density at radius 3 is 2.76 bits per heavy atom. The first-order valence-electron chi connectivity index (χ1n) is 7.03. The van der Waals surface area contributed by atoms with Crippen molar-refractivity contribution in [3.8, 4) is 0 Å². The van der Waals surface area contributed by atoms with Gasteiger partial charge < -0.3 is 10.5 Å². The topological polar surface area (TPSA) is 72.6 Å². The quantitative estimate of drug-likeness (QED) is 0.840. The predicted molar refractivity (Wildman–Crippen MR) is 84.0 cm³/mol. The number of hydrogen-bond donors (Lipinski definition) is 1. The molecule has 1 aromatic carbocycles. The van der Waals surface area contributed by atoms with E-state index in [0.717, 1.165) is 12.8 Å². The third-order valence-electron chi connectivity index (χ3n) is 3.77. The first kappa shape index (κ1) is 16.5. The average molecular weight is 333 g/mol. The van der Waals surface area contributed by atoms with E-state index in [1.807, 2.05) is 6.92 Å². The number of benzene rings is 1. The summed E-state index contributed by atoms with van der Waals surface area (Å²) in [4.78, 5) is 0.173. The smallest absolute Gasteiger partial charge is 0.243 e. The molecule has 21 heavy (non-hydrogen) atoms. The van der Waals surface area contributed by atoms with Crippen LogP contribution in [0.1, 0.15) is 25.3 Å². The third kappa shape index (κ3) is 3.51. The molecule has 1 unspecified atom stereocenters. The van der Waals surface area contributed by atoms with Gasteiger partial charge in [0.2, 0.25) is 10.0 Å². The second-order valence-electron chi connectivity index (χ2n) is 5.21. The molecule has 1 aliphatic rings. The Morgan fingerprint density at radius 2 is 2.19 bits per heavy atom. The molecule has 1 heterocycles. The fourth-order valence-corrected chi connectivity index (χ4v) is 4.55. The Hall–Kier alpha value is -0.820. The summed E-state index contributed by atoms with van der Waals surface area (Å²) in [5.74, 6) is 0. The molecule has 0 radical (unpaired) electrons. The number of sulfonamides is 1. The number of likely N-dealkylation sites (N-methyl/N-ethyl adjacent to an activating group) is 1. The van der Waals surface area contributed by atoms with Crippen molar-refractivity contribution in [1.29, 1.82) is 0 Å². The Morgan fingerprint density at radius 1 is 1.48 bits per heavy atom. The lowest BCUT2D eigenvalue weighted by atomic mass is 10.2. The number of ether oxygens (including phenoxy) is 1. The highest BCUT2D eigenvalue weighted by molar-refractivity contribution is 7.89. The van der Waals surface area contributed by atoms with Crippen molar-refractivity contribution in [3.63, 3.8) is 0 Å². The molecule has 1 atom stereocenters. The molecule has 0 spiro atoms. The number of anilines is 1.